The number of likely N-dealkylation sites (tertiary alicyclic amines) is 1. The van der Waals surface area contributed by atoms with Crippen LogP contribution in [0.15, 0.2) is 30.3 Å². The Balaban J connectivity index is 1.79. The molecule has 96 valence electrons. The Labute approximate surface area is 115 Å². The Morgan fingerprint density at radius 1 is 1.39 bits per heavy atom. The highest BCUT2D eigenvalue weighted by molar-refractivity contribution is 9.10. The van der Waals surface area contributed by atoms with Crippen molar-refractivity contribution in [3.8, 4) is 0 Å². The van der Waals surface area contributed by atoms with E-state index in [0.29, 0.717) is 6.61 Å². The lowest BCUT2D eigenvalue weighted by Gasteiger charge is -2.39. The zero-order valence-corrected chi connectivity index (χ0v) is 11.7. The van der Waals surface area contributed by atoms with Gasteiger partial charge in [-0.15, -0.1) is 0 Å². The molecule has 2 saturated heterocycles. The number of nitrogens with zero attached hydrogens (tertiary/aromatic N) is 1. The number of ether oxygens (including phenoxy) is 1. The molecule has 0 radical (unpaired) electrons. The van der Waals surface area contributed by atoms with Crippen molar-refractivity contribution >= 4 is 21.9 Å². The third-order valence-electron chi connectivity index (χ3n) is 3.90. The Kier molecular flexibility index (Phi) is 3.16. The van der Waals surface area contributed by atoms with Crippen molar-refractivity contribution in [3.05, 3.63) is 35.9 Å². The first-order valence-corrected chi connectivity index (χ1v) is 7.13. The minimum absolute atomic E-state index is 0.0924. The van der Waals surface area contributed by atoms with E-state index in [0.717, 1.165) is 25.9 Å². The maximum Gasteiger partial charge on any atom is 0.324 e. The largest absolute Gasteiger partial charge is 0.463 e. The summed E-state index contributed by atoms with van der Waals surface area (Å²) >= 11 is 3.63. The summed E-state index contributed by atoms with van der Waals surface area (Å²) in [5.41, 5.74) is 1.29. The van der Waals surface area contributed by atoms with Crippen LogP contribution in [0.4, 0.5) is 0 Å². The molecule has 0 N–H and O–H groups in total. The van der Waals surface area contributed by atoms with Crippen LogP contribution in [-0.2, 0) is 16.1 Å². The molecule has 0 spiro atoms. The number of hydrogen-bond donors (Lipinski definition) is 0. The van der Waals surface area contributed by atoms with Gasteiger partial charge in [-0.1, -0.05) is 46.3 Å². The van der Waals surface area contributed by atoms with Crippen molar-refractivity contribution in [1.29, 1.82) is 0 Å². The van der Waals surface area contributed by atoms with Gasteiger partial charge in [0.2, 0.25) is 0 Å². The summed E-state index contributed by atoms with van der Waals surface area (Å²) in [4.78, 5) is 14.2. The van der Waals surface area contributed by atoms with Crippen molar-refractivity contribution in [1.82, 2.24) is 4.90 Å². The summed E-state index contributed by atoms with van der Waals surface area (Å²) in [6.07, 6.45) is 1.91. The quantitative estimate of drug-likeness (QED) is 0.620. The van der Waals surface area contributed by atoms with Gasteiger partial charge in [-0.3, -0.25) is 9.69 Å². The summed E-state index contributed by atoms with van der Waals surface area (Å²) in [5, 5.41) is 0. The molecule has 0 aromatic heterocycles. The van der Waals surface area contributed by atoms with Crippen LogP contribution in [0.3, 0.4) is 0 Å². The summed E-state index contributed by atoms with van der Waals surface area (Å²) < 4.78 is 4.77. The first-order valence-electron chi connectivity index (χ1n) is 6.34. The summed E-state index contributed by atoms with van der Waals surface area (Å²) in [5.74, 6) is -0.0924. The summed E-state index contributed by atoms with van der Waals surface area (Å²) in [6, 6.07) is 10.5. The van der Waals surface area contributed by atoms with Gasteiger partial charge in [0.25, 0.3) is 0 Å². The molecule has 0 amide bonds. The van der Waals surface area contributed by atoms with E-state index in [9.17, 15) is 4.79 Å². The minimum atomic E-state index is -0.472. The molecule has 1 aromatic rings. The molecule has 0 aliphatic carbocycles. The maximum atomic E-state index is 11.8. The smallest absolute Gasteiger partial charge is 0.324 e. The number of cyclic esters (lactones) is 1. The molecule has 2 heterocycles. The van der Waals surface area contributed by atoms with E-state index < -0.39 is 4.32 Å². The monoisotopic (exact) mass is 309 g/mol. The fraction of sp³-hybridized carbons (Fsp3) is 0.500. The molecule has 3 rings (SSSR count). The molecule has 2 atom stereocenters. The second-order valence-corrected chi connectivity index (χ2v) is 6.45. The molecular weight excluding hydrogens is 294 g/mol. The number of esters is 1. The lowest BCUT2D eigenvalue weighted by Crippen LogP contribution is -2.53. The molecule has 3 nitrogen and oxygen atoms in total. The van der Waals surface area contributed by atoms with Crippen molar-refractivity contribution in [2.45, 2.75) is 29.8 Å². The molecule has 4 heteroatoms. The van der Waals surface area contributed by atoms with E-state index in [1.54, 1.807) is 0 Å². The lowest BCUT2D eigenvalue weighted by molar-refractivity contribution is -0.140. The fourth-order valence-corrected chi connectivity index (χ4v) is 3.73. The average Bonchev–Trinajstić information content (AvgIpc) is 2.68. The lowest BCUT2D eigenvalue weighted by atomic mass is 9.91. The maximum absolute atomic E-state index is 11.8. The number of fused-ring (bicyclic) bond motifs is 1. The van der Waals surface area contributed by atoms with Crippen LogP contribution in [0.25, 0.3) is 0 Å². The molecule has 0 bridgehead atoms. The third kappa shape index (κ3) is 1.97. The van der Waals surface area contributed by atoms with E-state index in [4.69, 9.17) is 4.74 Å². The van der Waals surface area contributed by atoms with Gasteiger partial charge in [-0.2, -0.15) is 0 Å². The molecule has 1 aromatic carbocycles. The SMILES string of the molecule is O=C1OCC2N(Cc3ccccc3)CCCC12Br. The van der Waals surface area contributed by atoms with Crippen LogP contribution in [0, 0.1) is 0 Å². The number of rotatable bonds is 2. The highest BCUT2D eigenvalue weighted by Gasteiger charge is 2.54. The second kappa shape index (κ2) is 4.67. The summed E-state index contributed by atoms with van der Waals surface area (Å²) in [7, 11) is 0. The Morgan fingerprint density at radius 2 is 2.17 bits per heavy atom. The fourth-order valence-electron chi connectivity index (χ4n) is 2.91. The van der Waals surface area contributed by atoms with Gasteiger partial charge in [0.1, 0.15) is 10.9 Å². The van der Waals surface area contributed by atoms with Crippen molar-refractivity contribution in [3.63, 3.8) is 0 Å². The number of alkyl halides is 1. The van der Waals surface area contributed by atoms with Crippen LogP contribution >= 0.6 is 15.9 Å². The van der Waals surface area contributed by atoms with Crippen LogP contribution in [-0.4, -0.2) is 34.4 Å². The molecule has 2 aliphatic rings. The van der Waals surface area contributed by atoms with Gasteiger partial charge in [0.05, 0.1) is 6.04 Å². The van der Waals surface area contributed by atoms with Gasteiger partial charge < -0.3 is 4.74 Å². The standard InChI is InChI=1S/C14H16BrNO2/c15-14-7-4-8-16(12(14)10-18-13(14)17)9-11-5-2-1-3-6-11/h1-3,5-6,12H,4,7-10H2. The number of halogens is 1. The first kappa shape index (κ1) is 12.2. The van der Waals surface area contributed by atoms with E-state index in [1.807, 2.05) is 6.07 Å². The summed E-state index contributed by atoms with van der Waals surface area (Å²) in [6.45, 7) is 2.43. The van der Waals surface area contributed by atoms with Crippen molar-refractivity contribution in [2.24, 2.45) is 0 Å². The van der Waals surface area contributed by atoms with Gasteiger partial charge in [0.15, 0.2) is 0 Å². The predicted molar refractivity (Wildman–Crippen MR) is 72.5 cm³/mol. The van der Waals surface area contributed by atoms with Crippen molar-refractivity contribution < 1.29 is 9.53 Å². The zero-order chi connectivity index (χ0) is 12.6. The second-order valence-electron chi connectivity index (χ2n) is 5.04. The van der Waals surface area contributed by atoms with Crippen LogP contribution < -0.4 is 0 Å². The van der Waals surface area contributed by atoms with Crippen molar-refractivity contribution in [2.75, 3.05) is 13.2 Å². The molecule has 2 fully saturated rings. The van der Waals surface area contributed by atoms with E-state index >= 15 is 0 Å². The highest BCUT2D eigenvalue weighted by Crippen LogP contribution is 2.41. The van der Waals surface area contributed by atoms with E-state index in [2.05, 4.69) is 45.1 Å². The topological polar surface area (TPSA) is 29.5 Å². The molecule has 2 aliphatic heterocycles. The highest BCUT2D eigenvalue weighted by atomic mass is 79.9. The van der Waals surface area contributed by atoms with Crippen LogP contribution in [0.1, 0.15) is 18.4 Å². The Hall–Kier alpha value is -0.870. The van der Waals surface area contributed by atoms with E-state index in [1.165, 1.54) is 5.56 Å². The molecule has 18 heavy (non-hydrogen) atoms. The molecule has 2 unspecified atom stereocenters. The Morgan fingerprint density at radius 3 is 2.94 bits per heavy atom. The van der Waals surface area contributed by atoms with Crippen LogP contribution in [0.5, 0.6) is 0 Å². The van der Waals surface area contributed by atoms with Gasteiger partial charge in [0, 0.05) is 6.54 Å². The Bertz CT molecular complexity index is 450. The molecule has 0 saturated carbocycles. The van der Waals surface area contributed by atoms with Gasteiger partial charge >= 0.3 is 5.97 Å². The normalized spacial score (nSPS) is 32.1. The number of carbonyl (C=O) groups excluding carboxylic acids is 1. The van der Waals surface area contributed by atoms with Gasteiger partial charge in [-0.05, 0) is 24.9 Å². The first-order chi connectivity index (χ1) is 8.70. The minimum Gasteiger partial charge on any atom is -0.463 e. The number of carbonyl (C=O) groups is 1. The molecular formula is C14H16BrNO2. The van der Waals surface area contributed by atoms with E-state index in [-0.39, 0.29) is 12.0 Å². The average molecular weight is 310 g/mol. The zero-order valence-electron chi connectivity index (χ0n) is 10.1. The predicted octanol–water partition coefficient (Wildman–Crippen LogP) is 2.34. The van der Waals surface area contributed by atoms with Crippen LogP contribution in [0.2, 0.25) is 0 Å². The number of piperidine rings is 1. The van der Waals surface area contributed by atoms with Gasteiger partial charge in [-0.25, -0.2) is 0 Å². The number of benzene rings is 1. The third-order valence-corrected chi connectivity index (χ3v) is 5.14. The number of hydrogen-bond acceptors (Lipinski definition) is 3.